The summed E-state index contributed by atoms with van der Waals surface area (Å²) >= 11 is 6.48. The molecule has 6 nitrogen and oxygen atoms in total. The third-order valence-corrected chi connectivity index (χ3v) is 7.85. The predicted molar refractivity (Wildman–Crippen MR) is 113 cm³/mol. The van der Waals surface area contributed by atoms with Crippen LogP contribution in [0.1, 0.15) is 43.4 Å². The van der Waals surface area contributed by atoms with Gasteiger partial charge in [0.1, 0.15) is 5.15 Å². The number of halogens is 1. The predicted octanol–water partition coefficient (Wildman–Crippen LogP) is 3.42. The summed E-state index contributed by atoms with van der Waals surface area (Å²) in [5, 5.41) is 1.58. The minimum atomic E-state index is -3.11. The maximum Gasteiger partial charge on any atom is 0.211 e. The fraction of sp³-hybridized carbons (Fsp3) is 0.650. The van der Waals surface area contributed by atoms with Crippen molar-refractivity contribution in [1.29, 1.82) is 0 Å². The van der Waals surface area contributed by atoms with Crippen LogP contribution in [0.5, 0.6) is 0 Å². The third kappa shape index (κ3) is 4.37. The Kier molecular flexibility index (Phi) is 5.97. The van der Waals surface area contributed by atoms with Crippen LogP contribution in [0.3, 0.4) is 0 Å². The first-order chi connectivity index (χ1) is 13.4. The van der Waals surface area contributed by atoms with E-state index in [1.54, 1.807) is 10.5 Å². The normalized spacial score (nSPS) is 20.8. The van der Waals surface area contributed by atoms with Crippen molar-refractivity contribution in [1.82, 2.24) is 19.2 Å². The third-order valence-electron chi connectivity index (χ3n) is 6.26. The second-order valence-electron chi connectivity index (χ2n) is 8.25. The number of nitrogens with one attached hydrogen (secondary N) is 1. The highest BCUT2D eigenvalue weighted by Crippen LogP contribution is 2.33. The minimum absolute atomic E-state index is 0.547. The first-order valence-electron chi connectivity index (χ1n) is 10.2. The molecular formula is C20H29ClN4O2S. The van der Waals surface area contributed by atoms with Crippen LogP contribution in [-0.2, 0) is 23.0 Å². The Bertz CT molecular complexity index is 929. The first-order valence-corrected chi connectivity index (χ1v) is 12.5. The second-order valence-corrected chi connectivity index (χ2v) is 10.6. The SMILES string of the molecule is CS(=O)(=O)N1CCN(Cc2c(CC3CCCCC3)[nH]c3ccnc(Cl)c23)CC1. The number of nitrogens with zero attached hydrogens (tertiary/aromatic N) is 3. The standard InChI is InChI=1S/C20H29ClN4O2S/c1-28(26,27)25-11-9-24(10-12-25)14-16-18(13-15-5-3-2-4-6-15)23-17-7-8-22-20(21)19(16)17/h7-8,15,23H,2-6,9-14H2,1H3. The number of H-pyrrole nitrogens is 1. The molecule has 2 aromatic rings. The summed E-state index contributed by atoms with van der Waals surface area (Å²) < 4.78 is 25.1. The van der Waals surface area contributed by atoms with E-state index >= 15 is 0 Å². The van der Waals surface area contributed by atoms with E-state index in [2.05, 4.69) is 14.9 Å². The van der Waals surface area contributed by atoms with E-state index in [0.717, 1.165) is 42.9 Å². The van der Waals surface area contributed by atoms with Crippen LogP contribution in [-0.4, -0.2) is 60.0 Å². The van der Waals surface area contributed by atoms with Gasteiger partial charge in [-0.3, -0.25) is 4.90 Å². The fourth-order valence-corrected chi connectivity index (χ4v) is 5.79. The van der Waals surface area contributed by atoms with E-state index in [0.29, 0.717) is 18.2 Å². The molecule has 1 saturated heterocycles. The monoisotopic (exact) mass is 424 g/mol. The van der Waals surface area contributed by atoms with E-state index in [9.17, 15) is 8.42 Å². The average molecular weight is 425 g/mol. The van der Waals surface area contributed by atoms with Gasteiger partial charge in [-0.05, 0) is 24.0 Å². The Morgan fingerprint density at radius 1 is 1.18 bits per heavy atom. The topological polar surface area (TPSA) is 69.3 Å². The molecule has 0 amide bonds. The summed E-state index contributed by atoms with van der Waals surface area (Å²) in [5.41, 5.74) is 3.57. The summed E-state index contributed by atoms with van der Waals surface area (Å²) in [6.45, 7) is 3.35. The zero-order valence-electron chi connectivity index (χ0n) is 16.5. The maximum absolute atomic E-state index is 11.8. The smallest absolute Gasteiger partial charge is 0.211 e. The quantitative estimate of drug-likeness (QED) is 0.746. The number of rotatable bonds is 5. The van der Waals surface area contributed by atoms with Crippen molar-refractivity contribution in [3.63, 3.8) is 0 Å². The largest absolute Gasteiger partial charge is 0.358 e. The van der Waals surface area contributed by atoms with Gasteiger partial charge in [-0.25, -0.2) is 13.4 Å². The number of fused-ring (bicyclic) bond motifs is 1. The molecule has 2 aliphatic rings. The van der Waals surface area contributed by atoms with Gasteiger partial charge in [-0.2, -0.15) is 4.31 Å². The molecule has 2 fully saturated rings. The Morgan fingerprint density at radius 2 is 1.89 bits per heavy atom. The fourth-order valence-electron chi connectivity index (χ4n) is 4.69. The van der Waals surface area contributed by atoms with Crippen LogP contribution in [0.2, 0.25) is 5.15 Å². The molecule has 1 N–H and O–H groups in total. The zero-order chi connectivity index (χ0) is 19.7. The van der Waals surface area contributed by atoms with E-state index in [1.165, 1.54) is 49.6 Å². The van der Waals surface area contributed by atoms with Gasteiger partial charge >= 0.3 is 0 Å². The summed E-state index contributed by atoms with van der Waals surface area (Å²) in [5.74, 6) is 0.731. The molecule has 1 saturated carbocycles. The van der Waals surface area contributed by atoms with Crippen molar-refractivity contribution >= 4 is 32.5 Å². The van der Waals surface area contributed by atoms with Gasteiger partial charge in [-0.15, -0.1) is 0 Å². The van der Waals surface area contributed by atoms with Crippen LogP contribution < -0.4 is 0 Å². The van der Waals surface area contributed by atoms with Crippen molar-refractivity contribution in [2.75, 3.05) is 32.4 Å². The molecule has 0 atom stereocenters. The molecule has 154 valence electrons. The second kappa shape index (κ2) is 8.30. The van der Waals surface area contributed by atoms with Crippen LogP contribution in [0.4, 0.5) is 0 Å². The number of hydrogen-bond acceptors (Lipinski definition) is 4. The molecular weight excluding hydrogens is 396 g/mol. The van der Waals surface area contributed by atoms with E-state index < -0.39 is 10.0 Å². The summed E-state index contributed by atoms with van der Waals surface area (Å²) in [4.78, 5) is 10.3. The minimum Gasteiger partial charge on any atom is -0.358 e. The Morgan fingerprint density at radius 3 is 2.57 bits per heavy atom. The first kappa shape index (κ1) is 20.1. The summed E-state index contributed by atoms with van der Waals surface area (Å²) in [6, 6.07) is 2.00. The lowest BCUT2D eigenvalue weighted by Crippen LogP contribution is -2.47. The van der Waals surface area contributed by atoms with E-state index in [1.807, 2.05) is 6.07 Å². The van der Waals surface area contributed by atoms with Crippen molar-refractivity contribution < 1.29 is 8.42 Å². The molecule has 3 heterocycles. The molecule has 0 spiro atoms. The van der Waals surface area contributed by atoms with Gasteiger partial charge in [0.15, 0.2) is 0 Å². The molecule has 2 aromatic heterocycles. The van der Waals surface area contributed by atoms with Crippen LogP contribution >= 0.6 is 11.6 Å². The Balaban J connectivity index is 1.57. The molecule has 8 heteroatoms. The van der Waals surface area contributed by atoms with Gasteiger partial charge in [-0.1, -0.05) is 43.7 Å². The van der Waals surface area contributed by atoms with Gasteiger partial charge in [0.25, 0.3) is 0 Å². The lowest BCUT2D eigenvalue weighted by Gasteiger charge is -2.33. The summed E-state index contributed by atoms with van der Waals surface area (Å²) in [7, 11) is -3.11. The summed E-state index contributed by atoms with van der Waals surface area (Å²) in [6.07, 6.45) is 10.7. The molecule has 28 heavy (non-hydrogen) atoms. The van der Waals surface area contributed by atoms with Gasteiger partial charge in [0.05, 0.1) is 11.8 Å². The molecule has 0 radical (unpaired) electrons. The number of hydrogen-bond donors (Lipinski definition) is 1. The van der Waals surface area contributed by atoms with E-state index in [-0.39, 0.29) is 0 Å². The van der Waals surface area contributed by atoms with Crippen LogP contribution in [0.15, 0.2) is 12.3 Å². The molecule has 0 unspecified atom stereocenters. The van der Waals surface area contributed by atoms with Crippen LogP contribution in [0.25, 0.3) is 10.9 Å². The molecule has 0 bridgehead atoms. The number of aromatic amines is 1. The van der Waals surface area contributed by atoms with Crippen molar-refractivity contribution in [3.05, 3.63) is 28.7 Å². The van der Waals surface area contributed by atoms with Gasteiger partial charge in [0, 0.05) is 50.0 Å². The molecule has 1 aliphatic heterocycles. The van der Waals surface area contributed by atoms with Gasteiger partial charge < -0.3 is 4.98 Å². The maximum atomic E-state index is 11.8. The Labute approximate surface area is 172 Å². The molecule has 0 aromatic carbocycles. The number of sulfonamides is 1. The van der Waals surface area contributed by atoms with E-state index in [4.69, 9.17) is 11.6 Å². The lowest BCUT2D eigenvalue weighted by atomic mass is 9.85. The molecule has 1 aliphatic carbocycles. The number of pyridine rings is 1. The Hall–Kier alpha value is -1.15. The van der Waals surface area contributed by atoms with Crippen molar-refractivity contribution in [2.24, 2.45) is 5.92 Å². The number of piperazine rings is 1. The highest BCUT2D eigenvalue weighted by atomic mass is 35.5. The highest BCUT2D eigenvalue weighted by Gasteiger charge is 2.26. The van der Waals surface area contributed by atoms with Gasteiger partial charge in [0.2, 0.25) is 10.0 Å². The van der Waals surface area contributed by atoms with Crippen LogP contribution in [0, 0.1) is 5.92 Å². The van der Waals surface area contributed by atoms with Crippen molar-refractivity contribution in [2.45, 2.75) is 45.1 Å². The zero-order valence-corrected chi connectivity index (χ0v) is 18.0. The highest BCUT2D eigenvalue weighted by molar-refractivity contribution is 7.88. The average Bonchev–Trinajstić information content (AvgIpc) is 3.01. The molecule has 4 rings (SSSR count). The van der Waals surface area contributed by atoms with Crippen molar-refractivity contribution in [3.8, 4) is 0 Å². The number of aromatic nitrogens is 2. The lowest BCUT2D eigenvalue weighted by molar-refractivity contribution is 0.182.